The third-order valence-corrected chi connectivity index (χ3v) is 5.79. The number of hydrogen-bond acceptors (Lipinski definition) is 3. The van der Waals surface area contributed by atoms with Crippen molar-refractivity contribution in [2.75, 3.05) is 0 Å². The Morgan fingerprint density at radius 3 is 2.12 bits per heavy atom. The van der Waals surface area contributed by atoms with Gasteiger partial charge in [0, 0.05) is 25.9 Å². The highest BCUT2D eigenvalue weighted by Gasteiger charge is 2.43. The lowest BCUT2D eigenvalue weighted by Crippen LogP contribution is -2.15. The second-order valence-corrected chi connectivity index (χ2v) is 7.33. The molecule has 0 aliphatic carbocycles. The highest BCUT2D eigenvalue weighted by Crippen LogP contribution is 2.60. The fourth-order valence-corrected chi connectivity index (χ4v) is 3.56. The highest BCUT2D eigenvalue weighted by atomic mass is 31.2. The van der Waals surface area contributed by atoms with Crippen molar-refractivity contribution in [3.8, 4) is 0 Å². The van der Waals surface area contributed by atoms with Crippen LogP contribution in [0.5, 0.6) is 0 Å². The van der Waals surface area contributed by atoms with Gasteiger partial charge >= 0.3 is 15.2 Å². The molecule has 0 amide bonds. The maximum absolute atomic E-state index is 11.0. The minimum Gasteiger partial charge on any atom is -0.338 e. The monoisotopic (exact) mass is 270 g/mol. The third kappa shape index (κ3) is 3.25. The summed E-state index contributed by atoms with van der Waals surface area (Å²) < 4.78 is 23.4. The molecule has 1 heterocycles. The summed E-state index contributed by atoms with van der Waals surface area (Å²) in [6, 6.07) is 0. The first kappa shape index (κ1) is 13.6. The van der Waals surface area contributed by atoms with Crippen LogP contribution in [-0.2, 0) is 22.6 Å². The fourth-order valence-electron chi connectivity index (χ4n) is 1.19. The molecule has 92 valence electrons. The summed E-state index contributed by atoms with van der Waals surface area (Å²) in [6.07, 6.45) is 2.43. The van der Waals surface area contributed by atoms with E-state index in [1.807, 2.05) is 0 Å². The van der Waals surface area contributed by atoms with Crippen molar-refractivity contribution in [3.63, 3.8) is 0 Å². The van der Waals surface area contributed by atoms with E-state index in [0.717, 1.165) is 0 Å². The van der Waals surface area contributed by atoms with Gasteiger partial charge in [-0.05, 0) is 0 Å². The van der Waals surface area contributed by atoms with E-state index in [-0.39, 0.29) is 5.82 Å². The van der Waals surface area contributed by atoms with Gasteiger partial charge in [-0.15, -0.1) is 0 Å². The highest BCUT2D eigenvalue weighted by molar-refractivity contribution is 7.70. The number of rotatable bonds is 4. The van der Waals surface area contributed by atoms with E-state index < -0.39 is 27.0 Å². The van der Waals surface area contributed by atoms with Crippen LogP contribution in [0.15, 0.2) is 12.4 Å². The molecule has 16 heavy (non-hydrogen) atoms. The molecule has 0 radical (unpaired) electrons. The molecule has 0 aliphatic rings. The molecule has 0 atom stereocenters. The molecule has 0 saturated heterocycles. The Kier molecular flexibility index (Phi) is 3.74. The lowest BCUT2D eigenvalue weighted by atomic mass is 10.4. The molecular formula is C6H12N2O6P2. The van der Waals surface area contributed by atoms with Crippen molar-refractivity contribution >= 4 is 15.2 Å². The zero-order valence-electron chi connectivity index (χ0n) is 8.33. The van der Waals surface area contributed by atoms with Crippen LogP contribution in [0.4, 0.5) is 0 Å². The molecule has 0 fully saturated rings. The molecule has 1 rings (SSSR count). The number of aryl methyl sites for hydroxylation is 1. The van der Waals surface area contributed by atoms with Crippen LogP contribution in [0.3, 0.4) is 0 Å². The Hall–Kier alpha value is -0.490. The SMILES string of the molecule is Cn1ccnc1CC(P(=O)(O)O)P(=O)(O)O. The molecule has 0 unspecified atom stereocenters. The minimum absolute atomic E-state index is 0.205. The lowest BCUT2D eigenvalue weighted by molar-refractivity contribution is 0.337. The largest absolute Gasteiger partial charge is 0.341 e. The van der Waals surface area contributed by atoms with E-state index in [1.165, 1.54) is 17.0 Å². The second kappa shape index (κ2) is 4.41. The van der Waals surface area contributed by atoms with Crippen LogP contribution in [0.25, 0.3) is 0 Å². The maximum Gasteiger partial charge on any atom is 0.341 e. The summed E-state index contributed by atoms with van der Waals surface area (Å²) in [5.41, 5.74) is 0. The molecule has 0 bridgehead atoms. The molecule has 0 aliphatic heterocycles. The molecule has 0 spiro atoms. The molecule has 0 aromatic carbocycles. The fraction of sp³-hybridized carbons (Fsp3) is 0.500. The van der Waals surface area contributed by atoms with Crippen LogP contribution in [0.1, 0.15) is 5.82 Å². The molecule has 1 aromatic rings. The number of hydrogen-bond donors (Lipinski definition) is 4. The second-order valence-electron chi connectivity index (χ2n) is 3.32. The van der Waals surface area contributed by atoms with Gasteiger partial charge in [0.15, 0.2) is 5.40 Å². The topological polar surface area (TPSA) is 133 Å². The zero-order valence-corrected chi connectivity index (χ0v) is 10.1. The smallest absolute Gasteiger partial charge is 0.338 e. The summed E-state index contributed by atoms with van der Waals surface area (Å²) in [5, 5.41) is -2.04. The van der Waals surface area contributed by atoms with Gasteiger partial charge in [0.2, 0.25) is 0 Å². The first-order valence-corrected chi connectivity index (χ1v) is 7.55. The van der Waals surface area contributed by atoms with Crippen molar-refractivity contribution in [1.82, 2.24) is 9.55 Å². The van der Waals surface area contributed by atoms with E-state index in [9.17, 15) is 9.13 Å². The van der Waals surface area contributed by atoms with Gasteiger partial charge in [0.05, 0.1) is 0 Å². The minimum atomic E-state index is -4.87. The Labute approximate surface area is 91.3 Å². The Bertz CT molecular complexity index is 437. The lowest BCUT2D eigenvalue weighted by Gasteiger charge is -2.18. The molecular weight excluding hydrogens is 258 g/mol. The third-order valence-electron chi connectivity index (χ3n) is 2.06. The predicted molar refractivity (Wildman–Crippen MR) is 54.8 cm³/mol. The first-order chi connectivity index (χ1) is 7.12. The van der Waals surface area contributed by atoms with Gasteiger partial charge in [0.25, 0.3) is 0 Å². The van der Waals surface area contributed by atoms with Gasteiger partial charge in [-0.25, -0.2) is 4.98 Å². The summed E-state index contributed by atoms with van der Waals surface area (Å²) >= 11 is 0. The van der Waals surface area contributed by atoms with Gasteiger partial charge in [-0.1, -0.05) is 0 Å². The van der Waals surface area contributed by atoms with E-state index in [2.05, 4.69) is 4.98 Å². The van der Waals surface area contributed by atoms with Crippen molar-refractivity contribution in [1.29, 1.82) is 0 Å². The predicted octanol–water partition coefficient (Wildman–Crippen LogP) is -0.356. The normalized spacial score (nSPS) is 13.4. The van der Waals surface area contributed by atoms with Crippen LogP contribution < -0.4 is 0 Å². The van der Waals surface area contributed by atoms with Crippen LogP contribution in [0.2, 0.25) is 0 Å². The van der Waals surface area contributed by atoms with Crippen molar-refractivity contribution in [2.45, 2.75) is 11.8 Å². The summed E-state index contributed by atoms with van der Waals surface area (Å²) in [6.45, 7) is 0. The Balaban J connectivity index is 3.03. The van der Waals surface area contributed by atoms with Gasteiger partial charge in [0.1, 0.15) is 5.82 Å². The summed E-state index contributed by atoms with van der Waals surface area (Å²) in [7, 11) is -8.18. The summed E-state index contributed by atoms with van der Waals surface area (Å²) in [4.78, 5) is 39.3. The standard InChI is InChI=1S/C6H12N2O6P2/c1-8-3-2-7-5(8)4-6(15(9,10)11)16(12,13)14/h2-3,6H,4H2,1H3,(H2,9,10,11)(H2,12,13,14). The molecule has 4 N–H and O–H groups in total. The number of nitrogens with zero attached hydrogens (tertiary/aromatic N) is 2. The van der Waals surface area contributed by atoms with E-state index in [4.69, 9.17) is 19.6 Å². The molecule has 10 heteroatoms. The van der Waals surface area contributed by atoms with Crippen molar-refractivity contribution in [2.24, 2.45) is 7.05 Å². The van der Waals surface area contributed by atoms with Crippen LogP contribution >= 0.6 is 15.2 Å². The Morgan fingerprint density at radius 1 is 1.31 bits per heavy atom. The van der Waals surface area contributed by atoms with Crippen molar-refractivity contribution in [3.05, 3.63) is 18.2 Å². The van der Waals surface area contributed by atoms with Crippen LogP contribution in [0, 0.1) is 0 Å². The maximum atomic E-state index is 11.0. The average Bonchev–Trinajstić information content (AvgIpc) is 2.42. The average molecular weight is 270 g/mol. The molecule has 1 aromatic heterocycles. The van der Waals surface area contributed by atoms with Crippen molar-refractivity contribution < 1.29 is 28.7 Å². The van der Waals surface area contributed by atoms with Gasteiger partial charge < -0.3 is 24.1 Å². The van der Waals surface area contributed by atoms with E-state index in [0.29, 0.717) is 0 Å². The summed E-state index contributed by atoms with van der Waals surface area (Å²) in [5.74, 6) is 0.205. The van der Waals surface area contributed by atoms with Gasteiger partial charge in [-0.2, -0.15) is 0 Å². The first-order valence-electron chi connectivity index (χ1n) is 4.19. The molecule has 0 saturated carbocycles. The zero-order chi connectivity index (χ0) is 12.6. The number of imidazole rings is 1. The van der Waals surface area contributed by atoms with Crippen LogP contribution in [-0.4, -0.2) is 34.5 Å². The molecule has 8 nitrogen and oxygen atoms in total. The van der Waals surface area contributed by atoms with Gasteiger partial charge in [-0.3, -0.25) is 9.13 Å². The number of aromatic nitrogens is 2. The quantitative estimate of drug-likeness (QED) is 0.549. The van der Waals surface area contributed by atoms with E-state index in [1.54, 1.807) is 7.05 Å². The Morgan fingerprint density at radius 2 is 1.81 bits per heavy atom. The van der Waals surface area contributed by atoms with E-state index >= 15 is 0 Å².